The van der Waals surface area contributed by atoms with E-state index in [1.165, 1.54) is 41.9 Å². The number of benzene rings is 2. The Kier molecular flexibility index (Phi) is 6.78. The van der Waals surface area contributed by atoms with Gasteiger partial charge in [-0.1, -0.05) is 12.1 Å². The summed E-state index contributed by atoms with van der Waals surface area (Å²) in [4.78, 5) is 24.4. The van der Waals surface area contributed by atoms with Crippen molar-refractivity contribution in [1.82, 2.24) is 9.78 Å². The summed E-state index contributed by atoms with van der Waals surface area (Å²) in [5.74, 6) is -1.19. The number of nitrogens with one attached hydrogen (secondary N) is 2. The molecule has 2 aromatic carbocycles. The van der Waals surface area contributed by atoms with Crippen molar-refractivity contribution in [1.29, 1.82) is 0 Å². The first kappa shape index (κ1) is 26.0. The van der Waals surface area contributed by atoms with Gasteiger partial charge in [-0.15, -0.1) is 0 Å². The summed E-state index contributed by atoms with van der Waals surface area (Å²) >= 11 is 1.36. The van der Waals surface area contributed by atoms with Gasteiger partial charge >= 0.3 is 7.52 Å². The predicted molar refractivity (Wildman–Crippen MR) is 147 cm³/mol. The smallest absolute Gasteiger partial charge is 0.346 e. The number of hydrogen-bond donors (Lipinski definition) is 4. The number of aryl methyl sites for hydroxylation is 1. The zero-order valence-corrected chi connectivity index (χ0v) is 22.5. The van der Waals surface area contributed by atoms with Crippen molar-refractivity contribution in [2.24, 2.45) is 4.76 Å². The number of halogens is 1. The largest absolute Gasteiger partial charge is 0.505 e. The molecule has 4 aromatic rings. The molecule has 0 amide bonds. The van der Waals surface area contributed by atoms with Gasteiger partial charge in [0.25, 0.3) is 5.56 Å². The van der Waals surface area contributed by atoms with Crippen LogP contribution in [0.25, 0.3) is 11.3 Å². The van der Waals surface area contributed by atoms with E-state index in [9.17, 15) is 28.0 Å². The lowest BCUT2D eigenvalue weighted by molar-refractivity contribution is 0.464. The molecule has 38 heavy (non-hydrogen) atoms. The molecule has 14 heteroatoms. The zero-order valence-electron chi connectivity index (χ0n) is 20.0. The number of aromatic hydroxyl groups is 1. The number of hydrogen-bond acceptors (Lipinski definition) is 7. The van der Waals surface area contributed by atoms with Crippen LogP contribution >= 0.6 is 18.9 Å². The van der Waals surface area contributed by atoms with Crippen LogP contribution in [0.2, 0.25) is 0 Å². The first-order valence-corrected chi connectivity index (χ1v) is 15.2. The second kappa shape index (κ2) is 9.91. The van der Waals surface area contributed by atoms with Gasteiger partial charge in [-0.3, -0.25) is 9.36 Å². The molecule has 0 spiro atoms. The molecule has 10 nitrogen and oxygen atoms in total. The van der Waals surface area contributed by atoms with E-state index in [0.29, 0.717) is 22.4 Å². The Hall–Kier alpha value is -3.64. The van der Waals surface area contributed by atoms with Gasteiger partial charge < -0.3 is 20.0 Å². The number of rotatable bonds is 6. The van der Waals surface area contributed by atoms with Crippen LogP contribution in [-0.4, -0.2) is 36.1 Å². The summed E-state index contributed by atoms with van der Waals surface area (Å²) < 4.78 is 46.2. The zero-order chi connectivity index (χ0) is 27.2. The van der Waals surface area contributed by atoms with Crippen molar-refractivity contribution in [3.8, 4) is 17.0 Å². The third kappa shape index (κ3) is 4.93. The van der Waals surface area contributed by atoms with E-state index in [0.717, 1.165) is 4.68 Å². The number of anilines is 2. The van der Waals surface area contributed by atoms with Gasteiger partial charge in [0.2, 0.25) is 0 Å². The van der Waals surface area contributed by atoms with Crippen molar-refractivity contribution in [3.05, 3.63) is 86.1 Å². The lowest BCUT2D eigenvalue weighted by Crippen LogP contribution is -2.34. The molecule has 2 unspecified atom stereocenters. The molecular formula is C24H21FN5O5PS2. The Bertz CT molecular complexity index is 1740. The van der Waals surface area contributed by atoms with Crippen molar-refractivity contribution in [3.63, 3.8) is 0 Å². The van der Waals surface area contributed by atoms with E-state index >= 15 is 0 Å². The number of thiophene rings is 1. The van der Waals surface area contributed by atoms with Gasteiger partial charge in [0.15, 0.2) is 11.6 Å². The SMILES string of the molecule is Cc1cc(Cn2nc(-c3ccsc3)c(O)c(C3=NP(=O)(O)c4cc(NS(C)=O)ccc4N3)c2=O)ccc1F. The first-order valence-electron chi connectivity index (χ1n) is 11.1. The van der Waals surface area contributed by atoms with Crippen LogP contribution in [-0.2, 0) is 22.1 Å². The molecule has 3 heterocycles. The van der Waals surface area contributed by atoms with Crippen molar-refractivity contribution in [2.45, 2.75) is 13.5 Å². The Balaban J connectivity index is 1.66. The van der Waals surface area contributed by atoms with Crippen molar-refractivity contribution >= 4 is 52.4 Å². The minimum absolute atomic E-state index is 0.0474. The van der Waals surface area contributed by atoms with Gasteiger partial charge in [0.05, 0.1) is 17.5 Å². The highest BCUT2D eigenvalue weighted by Gasteiger charge is 2.34. The monoisotopic (exact) mass is 573 g/mol. The summed E-state index contributed by atoms with van der Waals surface area (Å²) in [6, 6.07) is 10.5. The average molecular weight is 574 g/mol. The molecule has 1 aliphatic heterocycles. The van der Waals surface area contributed by atoms with Gasteiger partial charge in [0.1, 0.15) is 28.1 Å². The van der Waals surface area contributed by atoms with E-state index in [-0.39, 0.29) is 40.4 Å². The average Bonchev–Trinajstić information content (AvgIpc) is 3.38. The molecule has 196 valence electrons. The molecule has 0 fully saturated rings. The van der Waals surface area contributed by atoms with Crippen LogP contribution in [0.3, 0.4) is 0 Å². The van der Waals surface area contributed by atoms with Gasteiger partial charge in [-0.05, 0) is 53.8 Å². The fraction of sp³-hybridized carbons (Fsp3) is 0.125. The minimum Gasteiger partial charge on any atom is -0.505 e. The topological polar surface area (TPSA) is 146 Å². The van der Waals surface area contributed by atoms with Gasteiger partial charge in [-0.25, -0.2) is 13.3 Å². The van der Waals surface area contributed by atoms with Crippen LogP contribution in [0.4, 0.5) is 15.8 Å². The molecular weight excluding hydrogens is 552 g/mol. The van der Waals surface area contributed by atoms with Crippen molar-refractivity contribution in [2.75, 3.05) is 16.3 Å². The number of amidine groups is 1. The fourth-order valence-electron chi connectivity index (χ4n) is 4.02. The molecule has 5 rings (SSSR count). The standard InChI is InChI=1S/C24H21FN5O5PS2/c1-13-9-14(3-5-17(13)25)11-30-24(32)20(22(31)21(27-30)15-7-8-37-12-15)23-26-18-6-4-16(29-38(2)35)10-19(18)36(33,34)28-23/h3-10,12,29,31H,11H2,1-2H3,(H2,26,28,33,34). The highest BCUT2D eigenvalue weighted by atomic mass is 32.2. The number of aromatic nitrogens is 2. The second-order valence-corrected chi connectivity index (χ2v) is 12.2. The molecule has 2 atom stereocenters. The number of nitrogens with zero attached hydrogens (tertiary/aromatic N) is 3. The Morgan fingerprint density at radius 2 is 2.03 bits per heavy atom. The summed E-state index contributed by atoms with van der Waals surface area (Å²) in [6.07, 6.45) is 1.42. The Labute approximate surface area is 222 Å². The lowest BCUT2D eigenvalue weighted by Gasteiger charge is -2.23. The Morgan fingerprint density at radius 3 is 2.71 bits per heavy atom. The van der Waals surface area contributed by atoms with E-state index < -0.39 is 29.8 Å². The molecule has 0 bridgehead atoms. The van der Waals surface area contributed by atoms with Crippen LogP contribution in [0.1, 0.15) is 16.7 Å². The van der Waals surface area contributed by atoms with E-state index in [1.807, 2.05) is 0 Å². The van der Waals surface area contributed by atoms with Gasteiger partial charge in [-0.2, -0.15) is 21.2 Å². The van der Waals surface area contributed by atoms with Crippen LogP contribution in [0, 0.1) is 12.7 Å². The van der Waals surface area contributed by atoms with Crippen LogP contribution in [0.5, 0.6) is 5.75 Å². The maximum absolute atomic E-state index is 13.8. The summed E-state index contributed by atoms with van der Waals surface area (Å²) in [5.41, 5.74) is 1.04. The quantitative estimate of drug-likeness (QED) is 0.258. The van der Waals surface area contributed by atoms with Gasteiger partial charge in [0, 0.05) is 22.9 Å². The molecule has 0 saturated heterocycles. The first-order chi connectivity index (χ1) is 18.0. The molecule has 0 aliphatic carbocycles. The summed E-state index contributed by atoms with van der Waals surface area (Å²) in [7, 11) is -5.82. The molecule has 4 N–H and O–H groups in total. The minimum atomic E-state index is -4.41. The second-order valence-electron chi connectivity index (χ2n) is 8.54. The predicted octanol–water partition coefficient (Wildman–Crippen LogP) is 3.56. The summed E-state index contributed by atoms with van der Waals surface area (Å²) in [5, 5.41) is 21.9. The lowest BCUT2D eigenvalue weighted by atomic mass is 10.1. The van der Waals surface area contributed by atoms with Crippen molar-refractivity contribution < 1.29 is 23.2 Å². The van der Waals surface area contributed by atoms with E-state index in [2.05, 4.69) is 19.9 Å². The molecule has 1 aliphatic rings. The molecule has 0 radical (unpaired) electrons. The third-order valence-corrected chi connectivity index (χ3v) is 8.45. The molecule has 0 saturated carbocycles. The maximum atomic E-state index is 13.8. The fourth-order valence-corrected chi connectivity index (χ4v) is 6.40. The third-order valence-electron chi connectivity index (χ3n) is 5.78. The van der Waals surface area contributed by atoms with E-state index in [4.69, 9.17) is 0 Å². The highest BCUT2D eigenvalue weighted by molar-refractivity contribution is 7.85. The maximum Gasteiger partial charge on any atom is 0.346 e. The molecule has 2 aromatic heterocycles. The summed E-state index contributed by atoms with van der Waals surface area (Å²) in [6.45, 7) is 1.55. The highest BCUT2D eigenvalue weighted by Crippen LogP contribution is 2.47. The van der Waals surface area contributed by atoms with Crippen LogP contribution < -0.4 is 20.9 Å². The number of fused-ring (bicyclic) bond motifs is 1. The van der Waals surface area contributed by atoms with Crippen LogP contribution in [0.15, 0.2) is 62.8 Å². The van der Waals surface area contributed by atoms with E-state index in [1.54, 1.807) is 35.9 Å². The Morgan fingerprint density at radius 1 is 1.24 bits per heavy atom. The normalized spacial score (nSPS) is 17.3.